The number of anilines is 1. The van der Waals surface area contributed by atoms with Gasteiger partial charge in [-0.3, -0.25) is 14.5 Å². The highest BCUT2D eigenvalue weighted by Crippen LogP contribution is 2.44. The molecule has 38 heavy (non-hydrogen) atoms. The van der Waals surface area contributed by atoms with Crippen LogP contribution in [0.25, 0.3) is 16.0 Å². The smallest absolute Gasteiger partial charge is 0.301 e. The Hall–Kier alpha value is -3.97. The third-order valence-corrected chi connectivity index (χ3v) is 7.73. The summed E-state index contributed by atoms with van der Waals surface area (Å²) in [6.07, 6.45) is 0. The Balaban J connectivity index is 1.64. The van der Waals surface area contributed by atoms with Gasteiger partial charge in [0.2, 0.25) is 0 Å². The average Bonchev–Trinajstić information content (AvgIpc) is 3.40. The van der Waals surface area contributed by atoms with Crippen molar-refractivity contribution in [3.8, 4) is 5.75 Å². The zero-order chi connectivity index (χ0) is 27.1. The molecule has 1 saturated heterocycles. The van der Waals surface area contributed by atoms with Crippen LogP contribution in [0.2, 0.25) is 0 Å². The van der Waals surface area contributed by atoms with Crippen LogP contribution in [0.15, 0.2) is 66.2 Å². The summed E-state index contributed by atoms with van der Waals surface area (Å²) in [4.78, 5) is 33.2. The topological polar surface area (TPSA) is 79.7 Å². The Bertz CT molecular complexity index is 1540. The van der Waals surface area contributed by atoms with Crippen molar-refractivity contribution in [2.45, 2.75) is 40.7 Å². The minimum Gasteiger partial charge on any atom is -0.507 e. The minimum atomic E-state index is -0.811. The van der Waals surface area contributed by atoms with E-state index in [1.54, 1.807) is 24.3 Å². The lowest BCUT2D eigenvalue weighted by Gasteiger charge is -2.23. The molecule has 0 spiro atoms. The van der Waals surface area contributed by atoms with Gasteiger partial charge in [-0.05, 0) is 79.8 Å². The number of hydrogen-bond donors (Lipinski definition) is 1. The molecule has 1 unspecified atom stereocenters. The van der Waals surface area contributed by atoms with E-state index in [0.29, 0.717) is 29.0 Å². The number of aryl methyl sites for hydroxylation is 3. The molecule has 1 aliphatic heterocycles. The first-order chi connectivity index (χ1) is 18.1. The van der Waals surface area contributed by atoms with Gasteiger partial charge in [0.25, 0.3) is 5.78 Å². The SMILES string of the molecule is Cc1cccc(C2/C(=C(\O)c3ccc(OCC(C)C)cc3)C(=O)C(=O)N2c2nc3cc(C)c(C)cc3s2)c1. The number of amides is 1. The largest absolute Gasteiger partial charge is 0.507 e. The molecule has 1 N–H and O–H groups in total. The van der Waals surface area contributed by atoms with Crippen molar-refractivity contribution in [2.75, 3.05) is 11.5 Å². The average molecular weight is 527 g/mol. The number of ketones is 1. The lowest BCUT2D eigenvalue weighted by molar-refractivity contribution is -0.132. The Morgan fingerprint density at radius 2 is 1.74 bits per heavy atom. The summed E-state index contributed by atoms with van der Waals surface area (Å²) >= 11 is 1.37. The maximum Gasteiger partial charge on any atom is 0.301 e. The van der Waals surface area contributed by atoms with E-state index in [1.165, 1.54) is 16.2 Å². The van der Waals surface area contributed by atoms with Crippen LogP contribution in [0.1, 0.15) is 47.7 Å². The van der Waals surface area contributed by atoms with E-state index >= 15 is 0 Å². The zero-order valence-corrected chi connectivity index (χ0v) is 22.9. The summed E-state index contributed by atoms with van der Waals surface area (Å²) in [6, 6.07) is 17.8. The van der Waals surface area contributed by atoms with E-state index in [2.05, 4.69) is 13.8 Å². The summed E-state index contributed by atoms with van der Waals surface area (Å²) in [5.74, 6) is -0.613. The molecule has 1 amide bonds. The number of aliphatic hydroxyl groups is 1. The second kappa shape index (κ2) is 10.1. The number of carbonyl (C=O) groups excluding carboxylic acids is 2. The molecule has 1 aromatic heterocycles. The van der Waals surface area contributed by atoms with Gasteiger partial charge >= 0.3 is 5.91 Å². The fourth-order valence-corrected chi connectivity index (χ4v) is 5.66. The third kappa shape index (κ3) is 4.70. The lowest BCUT2D eigenvalue weighted by atomic mass is 9.94. The highest BCUT2D eigenvalue weighted by molar-refractivity contribution is 7.22. The van der Waals surface area contributed by atoms with E-state index in [0.717, 1.165) is 32.5 Å². The molecular weight excluding hydrogens is 496 g/mol. The highest BCUT2D eigenvalue weighted by atomic mass is 32.1. The second-order valence-electron chi connectivity index (χ2n) is 10.2. The van der Waals surface area contributed by atoms with Gasteiger partial charge in [-0.2, -0.15) is 0 Å². The number of ether oxygens (including phenoxy) is 1. The van der Waals surface area contributed by atoms with E-state index in [-0.39, 0.29) is 11.3 Å². The van der Waals surface area contributed by atoms with Crippen LogP contribution in [-0.4, -0.2) is 28.4 Å². The monoisotopic (exact) mass is 526 g/mol. The summed E-state index contributed by atoms with van der Waals surface area (Å²) in [5, 5.41) is 11.8. The molecule has 6 nitrogen and oxygen atoms in total. The molecule has 194 valence electrons. The maximum atomic E-state index is 13.5. The maximum absolute atomic E-state index is 13.5. The van der Waals surface area contributed by atoms with E-state index in [1.807, 2.05) is 57.2 Å². The minimum absolute atomic E-state index is 0.0445. The Labute approximate surface area is 226 Å². The fraction of sp³-hybridized carbons (Fsp3) is 0.258. The van der Waals surface area contributed by atoms with Crippen LogP contribution in [0.5, 0.6) is 5.75 Å². The Kier molecular flexibility index (Phi) is 6.80. The van der Waals surface area contributed by atoms with Gasteiger partial charge in [-0.1, -0.05) is 55.0 Å². The molecule has 0 radical (unpaired) electrons. The number of thiazole rings is 1. The van der Waals surface area contributed by atoms with Gasteiger partial charge in [-0.25, -0.2) is 4.98 Å². The van der Waals surface area contributed by atoms with Crippen LogP contribution in [0.3, 0.4) is 0 Å². The van der Waals surface area contributed by atoms with Crippen LogP contribution in [0, 0.1) is 26.7 Å². The van der Waals surface area contributed by atoms with Gasteiger partial charge < -0.3 is 9.84 Å². The molecule has 1 atom stereocenters. The predicted octanol–water partition coefficient (Wildman–Crippen LogP) is 6.88. The van der Waals surface area contributed by atoms with Crippen LogP contribution in [-0.2, 0) is 9.59 Å². The number of Topliss-reactive ketones (excluding diaryl/α,β-unsaturated/α-hetero) is 1. The van der Waals surface area contributed by atoms with Crippen molar-refractivity contribution in [1.29, 1.82) is 0 Å². The second-order valence-corrected chi connectivity index (χ2v) is 11.2. The number of aromatic nitrogens is 1. The van der Waals surface area contributed by atoms with Gasteiger partial charge in [-0.15, -0.1) is 0 Å². The van der Waals surface area contributed by atoms with Crippen molar-refractivity contribution < 1.29 is 19.4 Å². The molecule has 5 rings (SSSR count). The Morgan fingerprint density at radius 3 is 2.42 bits per heavy atom. The third-order valence-electron chi connectivity index (χ3n) is 6.71. The number of rotatable bonds is 6. The first-order valence-corrected chi connectivity index (χ1v) is 13.4. The van der Waals surface area contributed by atoms with E-state index < -0.39 is 17.7 Å². The zero-order valence-electron chi connectivity index (χ0n) is 22.1. The molecule has 2 heterocycles. The van der Waals surface area contributed by atoms with Crippen molar-refractivity contribution >= 4 is 44.1 Å². The highest BCUT2D eigenvalue weighted by Gasteiger charge is 2.48. The predicted molar refractivity (Wildman–Crippen MR) is 152 cm³/mol. The lowest BCUT2D eigenvalue weighted by Crippen LogP contribution is -2.29. The van der Waals surface area contributed by atoms with Crippen molar-refractivity contribution in [1.82, 2.24) is 4.98 Å². The van der Waals surface area contributed by atoms with Gasteiger partial charge in [0.1, 0.15) is 11.5 Å². The fourth-order valence-electron chi connectivity index (χ4n) is 4.58. The van der Waals surface area contributed by atoms with Crippen LogP contribution >= 0.6 is 11.3 Å². The molecule has 1 aliphatic rings. The number of benzene rings is 3. The molecule has 0 aliphatic carbocycles. The molecule has 1 fully saturated rings. The van der Waals surface area contributed by atoms with E-state index in [4.69, 9.17) is 9.72 Å². The Morgan fingerprint density at radius 1 is 1.03 bits per heavy atom. The summed E-state index contributed by atoms with van der Waals surface area (Å²) in [6.45, 7) is 10.7. The number of fused-ring (bicyclic) bond motifs is 1. The van der Waals surface area contributed by atoms with Gasteiger partial charge in [0.15, 0.2) is 5.13 Å². The summed E-state index contributed by atoms with van der Waals surface area (Å²) in [5.41, 5.74) is 5.20. The van der Waals surface area contributed by atoms with Crippen LogP contribution in [0.4, 0.5) is 5.13 Å². The normalized spacial score (nSPS) is 17.1. The van der Waals surface area contributed by atoms with E-state index in [9.17, 15) is 14.7 Å². The number of hydrogen-bond acceptors (Lipinski definition) is 6. The van der Waals surface area contributed by atoms with Crippen molar-refractivity contribution in [2.24, 2.45) is 5.92 Å². The summed E-state index contributed by atoms with van der Waals surface area (Å²) in [7, 11) is 0. The van der Waals surface area contributed by atoms with Gasteiger partial charge in [0, 0.05) is 5.56 Å². The number of aliphatic hydroxyl groups excluding tert-OH is 1. The first-order valence-electron chi connectivity index (χ1n) is 12.6. The van der Waals surface area contributed by atoms with Crippen molar-refractivity contribution in [3.05, 3.63) is 94.1 Å². The summed E-state index contributed by atoms with van der Waals surface area (Å²) < 4.78 is 6.69. The molecule has 4 aromatic rings. The molecule has 7 heteroatoms. The number of nitrogens with zero attached hydrogens (tertiary/aromatic N) is 2. The molecule has 0 saturated carbocycles. The molecular formula is C31H30N2O4S. The first kappa shape index (κ1) is 25.7. The number of carbonyl (C=O) groups is 2. The molecule has 3 aromatic carbocycles. The van der Waals surface area contributed by atoms with Crippen LogP contribution < -0.4 is 9.64 Å². The van der Waals surface area contributed by atoms with Gasteiger partial charge in [0.05, 0.1) is 28.4 Å². The standard InChI is InChI=1S/C31H30N2O4S/c1-17(2)16-37-23-11-9-21(10-12-23)28(34)26-27(22-8-6-7-18(3)13-22)33(30(36)29(26)35)31-32-24-14-19(4)20(5)15-25(24)38-31/h6-15,17,27,34H,16H2,1-5H3/b28-26+. The molecule has 0 bridgehead atoms. The quantitative estimate of drug-likeness (QED) is 0.168. The van der Waals surface area contributed by atoms with Crippen molar-refractivity contribution in [3.63, 3.8) is 0 Å².